The average Bonchev–Trinajstić information content (AvgIpc) is 2.92. The summed E-state index contributed by atoms with van der Waals surface area (Å²) in [6.07, 6.45) is 0.527. The van der Waals surface area contributed by atoms with Crippen LogP contribution in [0, 0.1) is 5.82 Å². The minimum absolute atomic E-state index is 0.103. The van der Waals surface area contributed by atoms with Gasteiger partial charge in [0, 0.05) is 38.2 Å². The van der Waals surface area contributed by atoms with Crippen molar-refractivity contribution in [2.24, 2.45) is 0 Å². The Balaban J connectivity index is 1.61. The third kappa shape index (κ3) is 3.54. The third-order valence-corrected chi connectivity index (χ3v) is 6.99. The molecule has 28 heavy (non-hydrogen) atoms. The molecule has 0 spiro atoms. The molecule has 0 saturated carbocycles. The first-order valence-corrected chi connectivity index (χ1v) is 10.6. The number of hydrogen-bond acceptors (Lipinski definition) is 6. The second-order valence-electron chi connectivity index (χ2n) is 6.75. The van der Waals surface area contributed by atoms with Crippen molar-refractivity contribution >= 4 is 16.0 Å². The minimum atomic E-state index is -3.99. The van der Waals surface area contributed by atoms with Crippen LogP contribution in [0.4, 0.5) is 10.3 Å². The number of anilines is 1. The molecule has 0 amide bonds. The fourth-order valence-corrected chi connectivity index (χ4v) is 5.04. The Morgan fingerprint density at radius 3 is 2.54 bits per heavy atom. The van der Waals surface area contributed by atoms with E-state index in [9.17, 15) is 17.6 Å². The molecule has 1 saturated heterocycles. The normalized spacial score (nSPS) is 18.5. The third-order valence-electron chi connectivity index (χ3n) is 5.06. The van der Waals surface area contributed by atoms with Gasteiger partial charge in [-0.1, -0.05) is 12.1 Å². The van der Waals surface area contributed by atoms with E-state index in [0.29, 0.717) is 49.9 Å². The summed E-state index contributed by atoms with van der Waals surface area (Å²) in [5.74, 6) is -0.299. The lowest BCUT2D eigenvalue weighted by Crippen LogP contribution is -2.38. The van der Waals surface area contributed by atoms with Crippen molar-refractivity contribution in [3.8, 4) is 0 Å². The molecule has 0 unspecified atom stereocenters. The molecule has 8 nitrogen and oxygen atoms in total. The number of aromatic amines is 1. The molecule has 2 aromatic rings. The van der Waals surface area contributed by atoms with Gasteiger partial charge in [0.1, 0.15) is 10.7 Å². The predicted octanol–water partition coefficient (Wildman–Crippen LogP) is 0.535. The van der Waals surface area contributed by atoms with Crippen LogP contribution in [0.15, 0.2) is 34.0 Å². The Morgan fingerprint density at radius 1 is 1.07 bits per heavy atom. The lowest BCUT2D eigenvalue weighted by molar-refractivity contribution is 0.122. The van der Waals surface area contributed by atoms with Gasteiger partial charge in [-0.2, -0.15) is 4.31 Å². The molecule has 150 valence electrons. The van der Waals surface area contributed by atoms with E-state index in [1.807, 2.05) is 4.90 Å². The molecule has 4 rings (SSSR count). The first kappa shape index (κ1) is 19.0. The van der Waals surface area contributed by atoms with E-state index >= 15 is 0 Å². The Bertz CT molecular complexity index is 1030. The van der Waals surface area contributed by atoms with Crippen molar-refractivity contribution in [3.63, 3.8) is 0 Å². The highest BCUT2D eigenvalue weighted by Crippen LogP contribution is 2.22. The highest BCUT2D eigenvalue weighted by atomic mass is 32.2. The molecule has 10 heteroatoms. The van der Waals surface area contributed by atoms with Gasteiger partial charge in [-0.15, -0.1) is 0 Å². The Morgan fingerprint density at radius 2 is 1.79 bits per heavy atom. The Kier molecular flexibility index (Phi) is 5.17. The van der Waals surface area contributed by atoms with Gasteiger partial charge < -0.3 is 9.64 Å². The van der Waals surface area contributed by atoms with Gasteiger partial charge in [-0.05, 0) is 18.6 Å². The zero-order valence-corrected chi connectivity index (χ0v) is 16.0. The highest BCUT2D eigenvalue weighted by molar-refractivity contribution is 7.89. The van der Waals surface area contributed by atoms with E-state index in [1.165, 1.54) is 22.5 Å². The van der Waals surface area contributed by atoms with E-state index in [4.69, 9.17) is 4.74 Å². The van der Waals surface area contributed by atoms with Crippen LogP contribution in [0.2, 0.25) is 0 Å². The summed E-state index contributed by atoms with van der Waals surface area (Å²) in [4.78, 5) is 21.6. The number of morpholine rings is 1. The lowest BCUT2D eigenvalue weighted by Gasteiger charge is -2.27. The number of nitrogens with zero attached hydrogens (tertiary/aromatic N) is 3. The molecule has 1 fully saturated rings. The summed E-state index contributed by atoms with van der Waals surface area (Å²) in [5, 5.41) is 0. The number of hydrogen-bond donors (Lipinski definition) is 1. The smallest absolute Gasteiger partial charge is 0.255 e. The fourth-order valence-electron chi connectivity index (χ4n) is 3.53. The van der Waals surface area contributed by atoms with Crippen molar-refractivity contribution in [2.75, 3.05) is 44.3 Å². The largest absolute Gasteiger partial charge is 0.378 e. The lowest BCUT2D eigenvalue weighted by atomic mass is 10.1. The van der Waals surface area contributed by atoms with E-state index < -0.39 is 15.8 Å². The molecule has 1 aromatic carbocycles. The number of benzene rings is 1. The zero-order valence-electron chi connectivity index (χ0n) is 15.2. The van der Waals surface area contributed by atoms with Crippen LogP contribution in [0.3, 0.4) is 0 Å². The molecule has 0 bridgehead atoms. The van der Waals surface area contributed by atoms with Gasteiger partial charge in [0.2, 0.25) is 16.0 Å². The summed E-state index contributed by atoms with van der Waals surface area (Å²) in [6, 6.07) is 5.32. The van der Waals surface area contributed by atoms with Gasteiger partial charge in [-0.3, -0.25) is 9.78 Å². The quantitative estimate of drug-likeness (QED) is 0.796. The Hall–Kier alpha value is -2.30. The first-order valence-electron chi connectivity index (χ1n) is 9.16. The van der Waals surface area contributed by atoms with E-state index in [0.717, 1.165) is 6.07 Å². The first-order chi connectivity index (χ1) is 13.5. The van der Waals surface area contributed by atoms with E-state index in [2.05, 4.69) is 9.97 Å². The van der Waals surface area contributed by atoms with Crippen LogP contribution >= 0.6 is 0 Å². The summed E-state index contributed by atoms with van der Waals surface area (Å²) in [6.45, 7) is 2.64. The number of aromatic nitrogens is 2. The summed E-state index contributed by atoms with van der Waals surface area (Å²) >= 11 is 0. The maximum absolute atomic E-state index is 14.0. The number of H-pyrrole nitrogens is 1. The number of ether oxygens (including phenoxy) is 1. The van der Waals surface area contributed by atoms with Crippen LogP contribution in [0.5, 0.6) is 0 Å². The average molecular weight is 408 g/mol. The van der Waals surface area contributed by atoms with Crippen molar-refractivity contribution in [1.82, 2.24) is 14.3 Å². The maximum Gasteiger partial charge on any atom is 0.255 e. The number of fused-ring (bicyclic) bond motifs is 1. The predicted molar refractivity (Wildman–Crippen MR) is 100 cm³/mol. The van der Waals surface area contributed by atoms with Gasteiger partial charge >= 0.3 is 0 Å². The van der Waals surface area contributed by atoms with E-state index in [1.54, 1.807) is 0 Å². The SMILES string of the molecule is O=c1[nH]c(N2CCOCC2)nc2c1CCN(S(=O)(=O)c1ccccc1F)CC2. The second kappa shape index (κ2) is 7.61. The molecule has 0 radical (unpaired) electrons. The molecular weight excluding hydrogens is 387 g/mol. The van der Waals surface area contributed by atoms with Crippen molar-refractivity contribution in [1.29, 1.82) is 0 Å². The standard InChI is InChI=1S/C18H21FN4O4S/c19-14-3-1-2-4-16(14)28(25,26)23-7-5-13-15(6-8-23)20-18(21-17(13)24)22-9-11-27-12-10-22/h1-4H,5-12H2,(H,20,21,24). The van der Waals surface area contributed by atoms with Crippen LogP contribution in [0.1, 0.15) is 11.3 Å². The molecule has 0 atom stereocenters. The zero-order chi connectivity index (χ0) is 19.7. The highest BCUT2D eigenvalue weighted by Gasteiger charge is 2.30. The molecule has 1 aromatic heterocycles. The molecule has 2 aliphatic heterocycles. The molecule has 2 aliphatic rings. The maximum atomic E-state index is 14.0. The topological polar surface area (TPSA) is 95.6 Å². The monoisotopic (exact) mass is 408 g/mol. The van der Waals surface area contributed by atoms with Gasteiger partial charge in [0.25, 0.3) is 5.56 Å². The number of sulfonamides is 1. The van der Waals surface area contributed by atoms with Crippen molar-refractivity contribution < 1.29 is 17.5 Å². The van der Waals surface area contributed by atoms with Gasteiger partial charge in [0.15, 0.2) is 0 Å². The number of rotatable bonds is 3. The Labute approximate surface area is 162 Å². The summed E-state index contributed by atoms with van der Waals surface area (Å²) in [7, 11) is -3.99. The van der Waals surface area contributed by atoms with E-state index in [-0.39, 0.29) is 30.0 Å². The van der Waals surface area contributed by atoms with Gasteiger partial charge in [-0.25, -0.2) is 17.8 Å². The molecule has 1 N–H and O–H groups in total. The second-order valence-corrected chi connectivity index (χ2v) is 8.66. The van der Waals surface area contributed by atoms with Crippen LogP contribution in [-0.2, 0) is 27.6 Å². The van der Waals surface area contributed by atoms with Crippen molar-refractivity contribution in [3.05, 3.63) is 51.7 Å². The van der Waals surface area contributed by atoms with Crippen LogP contribution in [0.25, 0.3) is 0 Å². The summed E-state index contributed by atoms with van der Waals surface area (Å²) < 4.78 is 46.3. The van der Waals surface area contributed by atoms with Gasteiger partial charge in [0.05, 0.1) is 18.9 Å². The van der Waals surface area contributed by atoms with Crippen LogP contribution < -0.4 is 10.5 Å². The minimum Gasteiger partial charge on any atom is -0.378 e. The molecule has 0 aliphatic carbocycles. The fraction of sp³-hybridized carbons (Fsp3) is 0.444. The van der Waals surface area contributed by atoms with Crippen LogP contribution in [-0.4, -0.2) is 62.1 Å². The summed E-state index contributed by atoms with van der Waals surface area (Å²) in [5.41, 5.74) is 0.830. The number of halogens is 1. The number of nitrogens with one attached hydrogen (secondary N) is 1. The molecular formula is C18H21FN4O4S. The van der Waals surface area contributed by atoms with Crippen molar-refractivity contribution in [2.45, 2.75) is 17.7 Å². The molecule has 3 heterocycles.